The van der Waals surface area contributed by atoms with Gasteiger partial charge in [-0.2, -0.15) is 0 Å². The average molecular weight is 503 g/mol. The Morgan fingerprint density at radius 3 is 2.22 bits per heavy atom. The first-order valence-electron chi connectivity index (χ1n) is 12.3. The van der Waals surface area contributed by atoms with Crippen LogP contribution in [0.15, 0.2) is 65.5 Å². The lowest BCUT2D eigenvalue weighted by Gasteiger charge is -2.42. The van der Waals surface area contributed by atoms with E-state index < -0.39 is 0 Å². The van der Waals surface area contributed by atoms with Crippen LogP contribution in [0, 0.1) is 5.92 Å². The molecular weight excluding hydrogens is 472 g/mol. The molecule has 3 heterocycles. The van der Waals surface area contributed by atoms with Crippen molar-refractivity contribution in [1.29, 1.82) is 0 Å². The van der Waals surface area contributed by atoms with Crippen LogP contribution in [0.1, 0.15) is 23.6 Å². The van der Waals surface area contributed by atoms with Crippen LogP contribution < -0.4 is 25.7 Å². The summed E-state index contributed by atoms with van der Waals surface area (Å²) in [5.41, 5.74) is 2.51. The number of hydrogen-bond acceptors (Lipinski definition) is 5. The zero-order valence-electron chi connectivity index (χ0n) is 20.9. The lowest BCUT2D eigenvalue weighted by atomic mass is 9.83. The van der Waals surface area contributed by atoms with E-state index >= 15 is 0 Å². The van der Waals surface area contributed by atoms with Crippen LogP contribution in [-0.4, -0.2) is 48.7 Å². The van der Waals surface area contributed by atoms with Crippen molar-refractivity contribution in [2.75, 3.05) is 37.9 Å². The van der Waals surface area contributed by atoms with Gasteiger partial charge >= 0.3 is 6.03 Å². The van der Waals surface area contributed by atoms with E-state index in [0.29, 0.717) is 25.3 Å². The number of aromatic nitrogens is 1. The molecule has 3 aromatic rings. The Kier molecular flexibility index (Phi) is 6.85. The lowest BCUT2D eigenvalue weighted by molar-refractivity contribution is -0.115. The number of methoxy groups -OCH3 is 2. The molecule has 0 radical (unpaired) electrons. The van der Waals surface area contributed by atoms with E-state index in [-0.39, 0.29) is 41.4 Å². The molecule has 5 rings (SSSR count). The van der Waals surface area contributed by atoms with Gasteiger partial charge in [0.25, 0.3) is 5.56 Å². The molecule has 0 aliphatic carbocycles. The van der Waals surface area contributed by atoms with E-state index in [9.17, 15) is 14.4 Å². The number of likely N-dealkylation sites (tertiary alicyclic amines) is 1. The zero-order valence-corrected chi connectivity index (χ0v) is 20.9. The topological polar surface area (TPSA) is 102 Å². The first-order valence-corrected chi connectivity index (χ1v) is 12.3. The molecule has 9 heteroatoms. The average Bonchev–Trinajstić information content (AvgIpc) is 2.91. The smallest absolute Gasteiger partial charge is 0.321 e. The third kappa shape index (κ3) is 5.30. The summed E-state index contributed by atoms with van der Waals surface area (Å²) in [5, 5.41) is 5.73. The number of benzene rings is 2. The van der Waals surface area contributed by atoms with Gasteiger partial charge < -0.3 is 29.6 Å². The number of ether oxygens (including phenoxy) is 2. The molecule has 1 fully saturated rings. The Bertz CT molecular complexity index is 1350. The summed E-state index contributed by atoms with van der Waals surface area (Å²) in [6.45, 7) is 1.61. The van der Waals surface area contributed by atoms with Crippen molar-refractivity contribution < 1.29 is 19.1 Å². The van der Waals surface area contributed by atoms with E-state index in [1.807, 2.05) is 23.1 Å². The van der Waals surface area contributed by atoms with Crippen molar-refractivity contribution in [1.82, 2.24) is 9.47 Å². The normalized spacial score (nSPS) is 17.9. The minimum atomic E-state index is -0.250. The highest BCUT2D eigenvalue weighted by Crippen LogP contribution is 2.35. The molecule has 1 aromatic heterocycles. The van der Waals surface area contributed by atoms with E-state index in [1.54, 1.807) is 61.3 Å². The maximum Gasteiger partial charge on any atom is 0.321 e. The second-order valence-corrected chi connectivity index (χ2v) is 9.52. The molecule has 2 atom stereocenters. The molecule has 0 saturated carbocycles. The molecule has 2 aliphatic rings. The quantitative estimate of drug-likeness (QED) is 0.535. The number of fused-ring (bicyclic) bond motifs is 4. The third-order valence-corrected chi connectivity index (χ3v) is 7.03. The largest absolute Gasteiger partial charge is 0.497 e. The number of nitrogens with one attached hydrogen (secondary N) is 2. The van der Waals surface area contributed by atoms with Crippen LogP contribution in [-0.2, 0) is 17.8 Å². The van der Waals surface area contributed by atoms with Crippen molar-refractivity contribution >= 4 is 23.3 Å². The van der Waals surface area contributed by atoms with Crippen molar-refractivity contribution in [3.05, 3.63) is 82.3 Å². The molecule has 1 saturated heterocycles. The number of rotatable bonds is 6. The Hall–Kier alpha value is -4.27. The van der Waals surface area contributed by atoms with Gasteiger partial charge in [0.05, 0.1) is 20.6 Å². The first-order chi connectivity index (χ1) is 17.9. The molecule has 37 heavy (non-hydrogen) atoms. The Balaban J connectivity index is 1.25. The Morgan fingerprint density at radius 1 is 0.865 bits per heavy atom. The predicted molar refractivity (Wildman–Crippen MR) is 140 cm³/mol. The van der Waals surface area contributed by atoms with Crippen LogP contribution in [0.4, 0.5) is 16.2 Å². The zero-order chi connectivity index (χ0) is 25.9. The first kappa shape index (κ1) is 24.4. The third-order valence-electron chi connectivity index (χ3n) is 7.03. The SMILES string of the molecule is COc1ccc(CC(=O)Nc2ccc3n(c2=O)C[C@@H]2C[C@@H]3CN(C(=O)Nc3ccc(OC)cc3)C2)cc1. The van der Waals surface area contributed by atoms with Gasteiger partial charge in [0.15, 0.2) is 0 Å². The molecule has 192 valence electrons. The second-order valence-electron chi connectivity index (χ2n) is 9.52. The van der Waals surface area contributed by atoms with Gasteiger partial charge in [0.2, 0.25) is 5.91 Å². The molecule has 0 unspecified atom stereocenters. The molecule has 0 spiro atoms. The highest BCUT2D eigenvalue weighted by atomic mass is 16.5. The van der Waals surface area contributed by atoms with E-state index in [2.05, 4.69) is 10.6 Å². The highest BCUT2D eigenvalue weighted by molar-refractivity contribution is 5.92. The number of pyridine rings is 1. The molecule has 3 amide bonds. The summed E-state index contributed by atoms with van der Waals surface area (Å²) in [6, 6.07) is 17.9. The van der Waals surface area contributed by atoms with Gasteiger partial charge in [-0.1, -0.05) is 12.1 Å². The monoisotopic (exact) mass is 502 g/mol. The van der Waals surface area contributed by atoms with Gasteiger partial charge in [-0.25, -0.2) is 4.79 Å². The number of carbonyl (C=O) groups is 2. The summed E-state index contributed by atoms with van der Waals surface area (Å²) in [6.07, 6.45) is 1.09. The Morgan fingerprint density at radius 2 is 1.54 bits per heavy atom. The molecular formula is C28H30N4O5. The number of amides is 3. The summed E-state index contributed by atoms with van der Waals surface area (Å²) in [5.74, 6) is 1.42. The number of nitrogens with zero attached hydrogens (tertiary/aromatic N) is 2. The van der Waals surface area contributed by atoms with Gasteiger partial charge in [0, 0.05) is 36.9 Å². The van der Waals surface area contributed by atoms with E-state index in [4.69, 9.17) is 9.47 Å². The fraction of sp³-hybridized carbons (Fsp3) is 0.321. The molecule has 2 aromatic carbocycles. The van der Waals surface area contributed by atoms with Crippen molar-refractivity contribution in [2.24, 2.45) is 5.92 Å². The fourth-order valence-corrected chi connectivity index (χ4v) is 5.21. The van der Waals surface area contributed by atoms with Gasteiger partial charge in [-0.05, 0) is 66.4 Å². The highest BCUT2D eigenvalue weighted by Gasteiger charge is 2.36. The van der Waals surface area contributed by atoms with Crippen LogP contribution in [0.5, 0.6) is 11.5 Å². The van der Waals surface area contributed by atoms with Crippen molar-refractivity contribution in [2.45, 2.75) is 25.3 Å². The standard InChI is InChI=1S/C28H30N4O5/c1-36-22-7-3-18(4-8-22)14-26(33)30-24-11-12-25-20-13-19(16-32(25)27(24)34)15-31(17-20)28(35)29-21-5-9-23(37-2)10-6-21/h3-12,19-20H,13-17H2,1-2H3,(H,29,35)(H,30,33)/t19-,20-/m1/s1. The minimum absolute atomic E-state index is 0.0610. The number of piperidine rings is 1. The number of hydrogen-bond donors (Lipinski definition) is 2. The lowest BCUT2D eigenvalue weighted by Crippen LogP contribution is -2.50. The molecule has 2 aliphatic heterocycles. The minimum Gasteiger partial charge on any atom is -0.497 e. The van der Waals surface area contributed by atoms with Gasteiger partial charge in [0.1, 0.15) is 17.2 Å². The van der Waals surface area contributed by atoms with Crippen molar-refractivity contribution in [3.8, 4) is 11.5 Å². The second kappa shape index (κ2) is 10.4. The van der Waals surface area contributed by atoms with E-state index in [0.717, 1.165) is 29.2 Å². The summed E-state index contributed by atoms with van der Waals surface area (Å²) >= 11 is 0. The molecule has 2 N–H and O–H groups in total. The van der Waals surface area contributed by atoms with E-state index in [1.165, 1.54) is 0 Å². The van der Waals surface area contributed by atoms with Crippen LogP contribution in [0.3, 0.4) is 0 Å². The maximum absolute atomic E-state index is 13.3. The molecule has 2 bridgehead atoms. The van der Waals surface area contributed by atoms with Crippen LogP contribution in [0.25, 0.3) is 0 Å². The maximum atomic E-state index is 13.3. The van der Waals surface area contributed by atoms with Gasteiger partial charge in [-0.3, -0.25) is 9.59 Å². The summed E-state index contributed by atoms with van der Waals surface area (Å²) < 4.78 is 12.1. The summed E-state index contributed by atoms with van der Waals surface area (Å²) in [7, 11) is 3.19. The number of anilines is 2. The fourth-order valence-electron chi connectivity index (χ4n) is 5.21. The Labute approximate surface area is 215 Å². The molecule has 9 nitrogen and oxygen atoms in total. The summed E-state index contributed by atoms with van der Waals surface area (Å²) in [4.78, 5) is 40.6. The van der Waals surface area contributed by atoms with Crippen LogP contribution >= 0.6 is 0 Å². The predicted octanol–water partition coefficient (Wildman–Crippen LogP) is 3.70. The van der Waals surface area contributed by atoms with Crippen LogP contribution in [0.2, 0.25) is 0 Å². The number of urea groups is 1. The van der Waals surface area contributed by atoms with Crippen molar-refractivity contribution in [3.63, 3.8) is 0 Å². The van der Waals surface area contributed by atoms with Gasteiger partial charge in [-0.15, -0.1) is 0 Å². The number of carbonyl (C=O) groups excluding carboxylic acids is 2.